The van der Waals surface area contributed by atoms with Crippen LogP contribution in [0.2, 0.25) is 0 Å². The number of hydrogen-bond acceptors (Lipinski definition) is 2. The number of rotatable bonds is 5. The van der Waals surface area contributed by atoms with Crippen molar-refractivity contribution in [2.24, 2.45) is 5.92 Å². The highest BCUT2D eigenvalue weighted by Gasteiger charge is 2.42. The van der Waals surface area contributed by atoms with Gasteiger partial charge in [-0.3, -0.25) is 0 Å². The van der Waals surface area contributed by atoms with E-state index in [0.29, 0.717) is 6.04 Å². The Kier molecular flexibility index (Phi) is 5.39. The summed E-state index contributed by atoms with van der Waals surface area (Å²) in [7, 11) is 6.41. The van der Waals surface area contributed by atoms with Crippen LogP contribution in [0, 0.1) is 11.7 Å². The topological polar surface area (TPSA) is 15.3 Å². The van der Waals surface area contributed by atoms with E-state index in [-0.39, 0.29) is 11.4 Å². The highest BCUT2D eigenvalue weighted by molar-refractivity contribution is 5.19. The molecule has 0 bridgehead atoms. The molecule has 118 valence electrons. The van der Waals surface area contributed by atoms with Crippen LogP contribution in [0.5, 0.6) is 0 Å². The third kappa shape index (κ3) is 3.64. The van der Waals surface area contributed by atoms with Crippen LogP contribution in [0.15, 0.2) is 24.3 Å². The molecule has 1 aromatic carbocycles. The number of halogens is 1. The second-order valence-corrected chi connectivity index (χ2v) is 6.87. The van der Waals surface area contributed by atoms with Crippen molar-refractivity contribution in [1.82, 2.24) is 10.2 Å². The summed E-state index contributed by atoms with van der Waals surface area (Å²) in [6.07, 6.45) is 5.90. The average molecular weight is 292 g/mol. The lowest BCUT2D eigenvalue weighted by molar-refractivity contribution is 0.0399. The molecule has 3 atom stereocenters. The molecule has 0 heterocycles. The van der Waals surface area contributed by atoms with Crippen molar-refractivity contribution >= 4 is 0 Å². The standard InChI is InChI=1S/C18H29FN2/c1-14-7-6-10-18(13-14,21(3)4)17(20-2)12-15-8-5-9-16(19)11-15/h5,8-9,11,14,17,20H,6-7,10,12-13H2,1-4H3. The van der Waals surface area contributed by atoms with E-state index in [0.717, 1.165) is 17.9 Å². The molecule has 2 nitrogen and oxygen atoms in total. The number of nitrogens with one attached hydrogen (secondary N) is 1. The minimum Gasteiger partial charge on any atom is -0.315 e. The molecule has 0 aliphatic heterocycles. The van der Waals surface area contributed by atoms with Gasteiger partial charge >= 0.3 is 0 Å². The molecule has 0 radical (unpaired) electrons. The van der Waals surface area contributed by atoms with Gasteiger partial charge in [0.15, 0.2) is 0 Å². The lowest BCUT2D eigenvalue weighted by atomic mass is 9.70. The number of likely N-dealkylation sites (N-methyl/N-ethyl adjacent to an activating group) is 2. The first-order valence-electron chi connectivity index (χ1n) is 8.07. The van der Waals surface area contributed by atoms with Gasteiger partial charge in [-0.05, 0) is 64.0 Å². The van der Waals surface area contributed by atoms with Gasteiger partial charge in [-0.15, -0.1) is 0 Å². The van der Waals surface area contributed by atoms with Crippen molar-refractivity contribution in [2.45, 2.75) is 50.6 Å². The third-order valence-electron chi connectivity index (χ3n) is 5.23. The highest BCUT2D eigenvalue weighted by Crippen LogP contribution is 2.39. The van der Waals surface area contributed by atoms with Crippen LogP contribution in [0.25, 0.3) is 0 Å². The fraction of sp³-hybridized carbons (Fsp3) is 0.667. The van der Waals surface area contributed by atoms with Crippen LogP contribution in [-0.4, -0.2) is 37.6 Å². The van der Waals surface area contributed by atoms with Gasteiger partial charge in [-0.25, -0.2) is 4.39 Å². The molecular weight excluding hydrogens is 263 g/mol. The van der Waals surface area contributed by atoms with Crippen molar-refractivity contribution in [3.8, 4) is 0 Å². The Bertz CT molecular complexity index is 460. The molecule has 1 saturated carbocycles. The van der Waals surface area contributed by atoms with Gasteiger partial charge in [0.1, 0.15) is 5.82 Å². The summed E-state index contributed by atoms with van der Waals surface area (Å²) in [6, 6.07) is 7.37. The lowest BCUT2D eigenvalue weighted by Crippen LogP contribution is -2.61. The second-order valence-electron chi connectivity index (χ2n) is 6.87. The molecule has 1 aromatic rings. The minimum absolute atomic E-state index is 0.140. The van der Waals surface area contributed by atoms with Crippen LogP contribution >= 0.6 is 0 Å². The van der Waals surface area contributed by atoms with Crippen molar-refractivity contribution in [3.05, 3.63) is 35.6 Å². The summed E-state index contributed by atoms with van der Waals surface area (Å²) < 4.78 is 13.4. The lowest BCUT2D eigenvalue weighted by Gasteiger charge is -2.50. The summed E-state index contributed by atoms with van der Waals surface area (Å²) in [5.41, 5.74) is 1.24. The smallest absolute Gasteiger partial charge is 0.123 e. The Morgan fingerprint density at radius 3 is 2.76 bits per heavy atom. The normalized spacial score (nSPS) is 27.8. The molecule has 0 amide bonds. The molecule has 1 N–H and O–H groups in total. The predicted octanol–water partition coefficient (Wildman–Crippen LogP) is 3.47. The molecule has 2 rings (SSSR count). The maximum Gasteiger partial charge on any atom is 0.123 e. The summed E-state index contributed by atoms with van der Waals surface area (Å²) in [6.45, 7) is 2.35. The molecule has 0 spiro atoms. The van der Waals surface area contributed by atoms with Crippen molar-refractivity contribution in [1.29, 1.82) is 0 Å². The molecule has 3 heteroatoms. The Balaban J connectivity index is 2.23. The summed E-state index contributed by atoms with van der Waals surface area (Å²) in [4.78, 5) is 2.39. The Hall–Kier alpha value is -0.930. The van der Waals surface area contributed by atoms with Gasteiger partial charge in [-0.2, -0.15) is 0 Å². The SMILES string of the molecule is CNC(Cc1cccc(F)c1)C1(N(C)C)CCCC(C)C1. The zero-order valence-electron chi connectivity index (χ0n) is 13.8. The van der Waals surface area contributed by atoms with E-state index < -0.39 is 0 Å². The molecule has 1 aliphatic rings. The van der Waals surface area contributed by atoms with Gasteiger partial charge in [0.05, 0.1) is 0 Å². The van der Waals surface area contributed by atoms with E-state index in [4.69, 9.17) is 0 Å². The van der Waals surface area contributed by atoms with E-state index in [9.17, 15) is 4.39 Å². The molecule has 3 unspecified atom stereocenters. The fourth-order valence-corrected chi connectivity index (χ4v) is 4.06. The third-order valence-corrected chi connectivity index (χ3v) is 5.23. The molecule has 21 heavy (non-hydrogen) atoms. The van der Waals surface area contributed by atoms with Crippen LogP contribution in [0.3, 0.4) is 0 Å². The Morgan fingerprint density at radius 2 is 2.19 bits per heavy atom. The van der Waals surface area contributed by atoms with Crippen molar-refractivity contribution in [2.75, 3.05) is 21.1 Å². The van der Waals surface area contributed by atoms with Gasteiger partial charge in [0.25, 0.3) is 0 Å². The fourth-order valence-electron chi connectivity index (χ4n) is 4.06. The molecular formula is C18H29FN2. The first-order chi connectivity index (χ1) is 9.98. The van der Waals surface area contributed by atoms with Crippen LogP contribution in [0.1, 0.15) is 38.2 Å². The van der Waals surface area contributed by atoms with E-state index in [2.05, 4.69) is 31.2 Å². The Morgan fingerprint density at radius 1 is 1.43 bits per heavy atom. The van der Waals surface area contributed by atoms with E-state index in [1.165, 1.54) is 31.7 Å². The van der Waals surface area contributed by atoms with Gasteiger partial charge < -0.3 is 10.2 Å². The van der Waals surface area contributed by atoms with Crippen LogP contribution in [0.4, 0.5) is 4.39 Å². The second kappa shape index (κ2) is 6.89. The molecule has 1 aliphatic carbocycles. The highest BCUT2D eigenvalue weighted by atomic mass is 19.1. The van der Waals surface area contributed by atoms with Crippen LogP contribution < -0.4 is 5.32 Å². The van der Waals surface area contributed by atoms with Gasteiger partial charge in [-0.1, -0.05) is 31.9 Å². The molecule has 1 fully saturated rings. The Labute approximate surface area is 128 Å². The average Bonchev–Trinajstić information content (AvgIpc) is 2.44. The molecule has 0 saturated heterocycles. The van der Waals surface area contributed by atoms with E-state index in [1.807, 2.05) is 19.2 Å². The largest absolute Gasteiger partial charge is 0.315 e. The zero-order chi connectivity index (χ0) is 15.5. The summed E-state index contributed by atoms with van der Waals surface area (Å²) >= 11 is 0. The van der Waals surface area contributed by atoms with Gasteiger partial charge in [0.2, 0.25) is 0 Å². The predicted molar refractivity (Wildman–Crippen MR) is 87.0 cm³/mol. The number of hydrogen-bond donors (Lipinski definition) is 1. The number of benzene rings is 1. The maximum absolute atomic E-state index is 13.4. The van der Waals surface area contributed by atoms with E-state index >= 15 is 0 Å². The van der Waals surface area contributed by atoms with Gasteiger partial charge in [0, 0.05) is 11.6 Å². The van der Waals surface area contributed by atoms with E-state index in [1.54, 1.807) is 6.07 Å². The maximum atomic E-state index is 13.4. The van der Waals surface area contributed by atoms with Crippen molar-refractivity contribution in [3.63, 3.8) is 0 Å². The molecule has 0 aromatic heterocycles. The minimum atomic E-state index is -0.140. The zero-order valence-corrected chi connectivity index (χ0v) is 13.8. The monoisotopic (exact) mass is 292 g/mol. The van der Waals surface area contributed by atoms with Crippen molar-refractivity contribution < 1.29 is 4.39 Å². The quantitative estimate of drug-likeness (QED) is 0.894. The number of nitrogens with zero attached hydrogens (tertiary/aromatic N) is 1. The first-order valence-corrected chi connectivity index (χ1v) is 8.07. The van der Waals surface area contributed by atoms with Crippen LogP contribution in [-0.2, 0) is 6.42 Å². The summed E-state index contributed by atoms with van der Waals surface area (Å²) in [5.74, 6) is 0.614. The first kappa shape index (κ1) is 16.4. The summed E-state index contributed by atoms with van der Waals surface area (Å²) in [5, 5.41) is 3.52.